The zero-order valence-corrected chi connectivity index (χ0v) is 11.9. The van der Waals surface area contributed by atoms with Gasteiger partial charge in [-0.2, -0.15) is 4.98 Å². The lowest BCUT2D eigenvalue weighted by molar-refractivity contribution is 0.335. The molecule has 2 rings (SSSR count). The van der Waals surface area contributed by atoms with Crippen molar-refractivity contribution in [3.05, 3.63) is 28.8 Å². The number of nitrogens with two attached hydrogens (primary N) is 1. The summed E-state index contributed by atoms with van der Waals surface area (Å²) in [5.74, 6) is 1.47. The van der Waals surface area contributed by atoms with E-state index in [1.165, 1.54) is 0 Å². The Morgan fingerprint density at radius 2 is 2.17 bits per heavy atom. The molecule has 2 N–H and O–H groups in total. The van der Waals surface area contributed by atoms with Crippen molar-refractivity contribution in [2.45, 2.75) is 26.3 Å². The molecule has 2 heterocycles. The van der Waals surface area contributed by atoms with Crippen LogP contribution < -0.4 is 5.73 Å². The molecule has 0 saturated carbocycles. The van der Waals surface area contributed by atoms with Gasteiger partial charge in [0.25, 0.3) is 0 Å². The highest BCUT2D eigenvalue weighted by molar-refractivity contribution is 9.10. The molecule has 1 unspecified atom stereocenters. The average Bonchev–Trinajstić information content (AvgIpc) is 2.77. The molecule has 0 aliphatic heterocycles. The summed E-state index contributed by atoms with van der Waals surface area (Å²) < 4.78 is 6.07. The van der Waals surface area contributed by atoms with Gasteiger partial charge in [-0.3, -0.25) is 4.98 Å². The Bertz CT molecular complexity index is 526. The third kappa shape index (κ3) is 3.14. The summed E-state index contributed by atoms with van der Waals surface area (Å²) in [7, 11) is 0. The van der Waals surface area contributed by atoms with Crippen LogP contribution in [0.1, 0.15) is 32.2 Å². The van der Waals surface area contributed by atoms with Crippen molar-refractivity contribution in [3.8, 4) is 11.4 Å². The third-order valence-corrected chi connectivity index (χ3v) is 2.88. The van der Waals surface area contributed by atoms with Crippen LogP contribution in [0.25, 0.3) is 11.4 Å². The number of halogens is 1. The molecule has 0 bridgehead atoms. The van der Waals surface area contributed by atoms with Crippen LogP contribution in [0.5, 0.6) is 0 Å². The Balaban J connectivity index is 2.20. The predicted molar refractivity (Wildman–Crippen MR) is 71.6 cm³/mol. The zero-order chi connectivity index (χ0) is 13.1. The van der Waals surface area contributed by atoms with Gasteiger partial charge in [-0.25, -0.2) is 0 Å². The van der Waals surface area contributed by atoms with Crippen LogP contribution in [0.4, 0.5) is 0 Å². The van der Waals surface area contributed by atoms with Gasteiger partial charge in [-0.15, -0.1) is 0 Å². The van der Waals surface area contributed by atoms with Crippen LogP contribution in [0, 0.1) is 5.92 Å². The van der Waals surface area contributed by atoms with Crippen molar-refractivity contribution in [1.82, 2.24) is 15.1 Å². The minimum Gasteiger partial charge on any atom is -0.337 e. The van der Waals surface area contributed by atoms with Crippen molar-refractivity contribution in [3.63, 3.8) is 0 Å². The summed E-state index contributed by atoms with van der Waals surface area (Å²) in [6, 6.07) is 1.67. The van der Waals surface area contributed by atoms with Gasteiger partial charge in [0.15, 0.2) is 0 Å². The Labute approximate surface area is 114 Å². The molecule has 0 spiro atoms. The van der Waals surface area contributed by atoms with Gasteiger partial charge in [0.05, 0.1) is 6.04 Å². The molecule has 5 nitrogen and oxygen atoms in total. The van der Waals surface area contributed by atoms with E-state index >= 15 is 0 Å². The second-order valence-electron chi connectivity index (χ2n) is 4.58. The van der Waals surface area contributed by atoms with Crippen LogP contribution in [-0.4, -0.2) is 15.1 Å². The highest BCUT2D eigenvalue weighted by atomic mass is 79.9. The second kappa shape index (κ2) is 5.58. The molecule has 0 aliphatic rings. The first kappa shape index (κ1) is 13.2. The number of hydrogen-bond donors (Lipinski definition) is 1. The summed E-state index contributed by atoms with van der Waals surface area (Å²) in [6.07, 6.45) is 4.21. The van der Waals surface area contributed by atoms with Crippen molar-refractivity contribution >= 4 is 15.9 Å². The van der Waals surface area contributed by atoms with E-state index in [1.807, 2.05) is 6.07 Å². The molecule has 18 heavy (non-hydrogen) atoms. The van der Waals surface area contributed by atoms with E-state index in [9.17, 15) is 0 Å². The van der Waals surface area contributed by atoms with E-state index in [-0.39, 0.29) is 6.04 Å². The number of hydrogen-bond acceptors (Lipinski definition) is 5. The summed E-state index contributed by atoms with van der Waals surface area (Å²) in [6.45, 7) is 4.21. The van der Waals surface area contributed by atoms with Crippen molar-refractivity contribution < 1.29 is 4.52 Å². The number of rotatable bonds is 4. The van der Waals surface area contributed by atoms with Gasteiger partial charge in [0.1, 0.15) is 0 Å². The minimum atomic E-state index is -0.216. The lowest BCUT2D eigenvalue weighted by Crippen LogP contribution is -2.13. The zero-order valence-electron chi connectivity index (χ0n) is 10.3. The highest BCUT2D eigenvalue weighted by Crippen LogP contribution is 2.22. The summed E-state index contributed by atoms with van der Waals surface area (Å²) in [5.41, 5.74) is 6.80. The van der Waals surface area contributed by atoms with Crippen LogP contribution in [0.2, 0.25) is 0 Å². The first-order chi connectivity index (χ1) is 8.56. The second-order valence-corrected chi connectivity index (χ2v) is 5.50. The summed E-state index contributed by atoms with van der Waals surface area (Å²) >= 11 is 3.35. The SMILES string of the molecule is CC(C)CC(N)c1nc(-c2cncc(Br)c2)no1. The molecule has 6 heteroatoms. The smallest absolute Gasteiger partial charge is 0.243 e. The molecule has 1 atom stereocenters. The molecular formula is C12H15BrN4O. The standard InChI is InChI=1S/C12H15BrN4O/c1-7(2)3-10(14)12-16-11(17-18-12)8-4-9(13)6-15-5-8/h4-7,10H,3,14H2,1-2H3. The van der Waals surface area contributed by atoms with Gasteiger partial charge in [-0.1, -0.05) is 19.0 Å². The quantitative estimate of drug-likeness (QED) is 0.939. The van der Waals surface area contributed by atoms with Crippen LogP contribution in [-0.2, 0) is 0 Å². The average molecular weight is 311 g/mol. The Morgan fingerprint density at radius 1 is 1.39 bits per heavy atom. The highest BCUT2D eigenvalue weighted by Gasteiger charge is 2.17. The molecule has 2 aromatic rings. The fraction of sp³-hybridized carbons (Fsp3) is 0.417. The van der Waals surface area contributed by atoms with E-state index in [1.54, 1.807) is 12.4 Å². The molecule has 0 aliphatic carbocycles. The number of aromatic nitrogens is 3. The van der Waals surface area contributed by atoms with Crippen LogP contribution >= 0.6 is 15.9 Å². The normalized spacial score (nSPS) is 12.9. The number of pyridine rings is 1. The van der Waals surface area contributed by atoms with Gasteiger partial charge in [0.2, 0.25) is 11.7 Å². The van der Waals surface area contributed by atoms with Crippen LogP contribution in [0.15, 0.2) is 27.5 Å². The summed E-state index contributed by atoms with van der Waals surface area (Å²) in [4.78, 5) is 8.37. The van der Waals surface area contributed by atoms with Crippen LogP contribution in [0.3, 0.4) is 0 Å². The monoisotopic (exact) mass is 310 g/mol. The maximum absolute atomic E-state index is 6.00. The van der Waals surface area contributed by atoms with Gasteiger partial charge < -0.3 is 10.3 Å². The Hall–Kier alpha value is -1.27. The minimum absolute atomic E-state index is 0.216. The Kier molecular flexibility index (Phi) is 4.08. The topological polar surface area (TPSA) is 77.8 Å². The third-order valence-electron chi connectivity index (χ3n) is 2.45. The van der Waals surface area contributed by atoms with Crippen molar-refractivity contribution in [2.24, 2.45) is 11.7 Å². The molecule has 96 valence electrons. The molecule has 0 radical (unpaired) electrons. The van der Waals surface area contributed by atoms with E-state index in [4.69, 9.17) is 10.3 Å². The van der Waals surface area contributed by atoms with E-state index < -0.39 is 0 Å². The molecule has 0 fully saturated rings. The lowest BCUT2D eigenvalue weighted by atomic mass is 10.0. The van der Waals surface area contributed by atoms with Crippen molar-refractivity contribution in [2.75, 3.05) is 0 Å². The predicted octanol–water partition coefficient (Wildman–Crippen LogP) is 2.94. The molecule has 0 saturated heterocycles. The largest absolute Gasteiger partial charge is 0.337 e. The maximum Gasteiger partial charge on any atom is 0.243 e. The van der Waals surface area contributed by atoms with E-state index in [0.717, 1.165) is 16.5 Å². The maximum atomic E-state index is 6.00. The van der Waals surface area contributed by atoms with E-state index in [2.05, 4.69) is 44.9 Å². The van der Waals surface area contributed by atoms with Crippen molar-refractivity contribution in [1.29, 1.82) is 0 Å². The molecular weight excluding hydrogens is 296 g/mol. The van der Waals surface area contributed by atoms with E-state index in [0.29, 0.717) is 17.6 Å². The number of nitrogens with zero attached hydrogens (tertiary/aromatic N) is 3. The lowest BCUT2D eigenvalue weighted by Gasteiger charge is -2.08. The molecule has 0 amide bonds. The van der Waals surface area contributed by atoms with Gasteiger partial charge in [-0.05, 0) is 34.3 Å². The fourth-order valence-corrected chi connectivity index (χ4v) is 2.01. The molecule has 0 aromatic carbocycles. The Morgan fingerprint density at radius 3 is 2.83 bits per heavy atom. The molecule has 2 aromatic heterocycles. The van der Waals surface area contributed by atoms with Gasteiger partial charge >= 0.3 is 0 Å². The first-order valence-electron chi connectivity index (χ1n) is 5.76. The summed E-state index contributed by atoms with van der Waals surface area (Å²) in [5, 5.41) is 3.93. The van der Waals surface area contributed by atoms with Gasteiger partial charge in [0, 0.05) is 22.4 Å². The first-order valence-corrected chi connectivity index (χ1v) is 6.55. The fourth-order valence-electron chi connectivity index (χ4n) is 1.65.